The van der Waals surface area contributed by atoms with Crippen LogP contribution in [-0.4, -0.2) is 57.2 Å². The third kappa shape index (κ3) is 4.90. The number of nitrogens with zero attached hydrogens (tertiary/aromatic N) is 1. The summed E-state index contributed by atoms with van der Waals surface area (Å²) in [5.74, 6) is 1.24. The number of hydrogen-bond donors (Lipinski definition) is 2. The highest BCUT2D eigenvalue weighted by molar-refractivity contribution is 6.33. The van der Waals surface area contributed by atoms with Gasteiger partial charge in [0.1, 0.15) is 0 Å². The highest BCUT2D eigenvalue weighted by Gasteiger charge is 2.24. The second-order valence-corrected chi connectivity index (χ2v) is 7.99. The maximum Gasteiger partial charge on any atom is 0.251 e. The molecule has 2 fully saturated rings. The fourth-order valence-electron chi connectivity index (χ4n) is 3.92. The molecular weight excluding hydrogens is 350 g/mol. The van der Waals surface area contributed by atoms with Crippen molar-refractivity contribution in [3.8, 4) is 0 Å². The van der Waals surface area contributed by atoms with Crippen LogP contribution >= 0.6 is 11.6 Å². The minimum absolute atomic E-state index is 0.0300. The zero-order valence-corrected chi connectivity index (χ0v) is 16.6. The lowest BCUT2D eigenvalue weighted by Crippen LogP contribution is -2.40. The SMILES string of the molecule is CNc1cc(C)c(C(=O)NCC2CCN(CC3CCOC3)CC2)cc1Cl. The van der Waals surface area contributed by atoms with Crippen LogP contribution < -0.4 is 10.6 Å². The molecule has 5 nitrogen and oxygen atoms in total. The normalized spacial score (nSPS) is 21.7. The molecule has 2 heterocycles. The topological polar surface area (TPSA) is 53.6 Å². The van der Waals surface area contributed by atoms with E-state index in [9.17, 15) is 4.79 Å². The van der Waals surface area contributed by atoms with E-state index in [1.165, 1.54) is 6.42 Å². The van der Waals surface area contributed by atoms with Crippen molar-refractivity contribution >= 4 is 23.2 Å². The number of rotatable bonds is 6. The van der Waals surface area contributed by atoms with Gasteiger partial charge in [0.25, 0.3) is 5.91 Å². The van der Waals surface area contributed by atoms with Crippen LogP contribution in [0.3, 0.4) is 0 Å². The summed E-state index contributed by atoms with van der Waals surface area (Å²) in [6.45, 7) is 7.93. The van der Waals surface area contributed by atoms with Crippen molar-refractivity contribution in [3.63, 3.8) is 0 Å². The molecule has 0 saturated carbocycles. The van der Waals surface area contributed by atoms with E-state index in [1.807, 2.05) is 20.0 Å². The molecule has 2 saturated heterocycles. The highest BCUT2D eigenvalue weighted by Crippen LogP contribution is 2.26. The second-order valence-electron chi connectivity index (χ2n) is 7.58. The molecule has 2 aliphatic rings. The molecule has 2 aliphatic heterocycles. The third-order valence-corrected chi connectivity index (χ3v) is 5.94. The molecule has 1 aromatic rings. The van der Waals surface area contributed by atoms with Gasteiger partial charge in [0.05, 0.1) is 17.3 Å². The first-order valence-corrected chi connectivity index (χ1v) is 10.0. The van der Waals surface area contributed by atoms with Crippen LogP contribution in [0.25, 0.3) is 0 Å². The molecule has 1 amide bonds. The molecule has 0 spiro atoms. The van der Waals surface area contributed by atoms with Crippen LogP contribution in [0.1, 0.15) is 35.2 Å². The fraction of sp³-hybridized carbons (Fsp3) is 0.650. The first-order valence-electron chi connectivity index (χ1n) is 9.63. The average Bonchev–Trinajstić information content (AvgIpc) is 3.15. The second kappa shape index (κ2) is 9.07. The largest absolute Gasteiger partial charge is 0.387 e. The molecule has 1 atom stereocenters. The molecular formula is C20H30ClN3O2. The first kappa shape index (κ1) is 19.5. The van der Waals surface area contributed by atoms with E-state index >= 15 is 0 Å². The minimum atomic E-state index is -0.0300. The summed E-state index contributed by atoms with van der Waals surface area (Å²) in [5.41, 5.74) is 2.44. The molecule has 6 heteroatoms. The summed E-state index contributed by atoms with van der Waals surface area (Å²) < 4.78 is 5.47. The Hall–Kier alpha value is -1.30. The van der Waals surface area contributed by atoms with Gasteiger partial charge in [-0.05, 0) is 68.8 Å². The molecule has 0 radical (unpaired) electrons. The molecule has 144 valence electrons. The minimum Gasteiger partial charge on any atom is -0.387 e. The van der Waals surface area contributed by atoms with Gasteiger partial charge in [-0.2, -0.15) is 0 Å². The van der Waals surface area contributed by atoms with Crippen molar-refractivity contribution in [1.29, 1.82) is 0 Å². The van der Waals surface area contributed by atoms with Gasteiger partial charge in [0.15, 0.2) is 0 Å². The van der Waals surface area contributed by atoms with E-state index in [1.54, 1.807) is 6.07 Å². The van der Waals surface area contributed by atoms with Crippen LogP contribution in [-0.2, 0) is 4.74 Å². The lowest BCUT2D eigenvalue weighted by molar-refractivity contribution is 0.0931. The van der Waals surface area contributed by atoms with Gasteiger partial charge < -0.3 is 20.3 Å². The van der Waals surface area contributed by atoms with E-state index in [-0.39, 0.29) is 5.91 Å². The fourth-order valence-corrected chi connectivity index (χ4v) is 4.17. The Labute approximate surface area is 161 Å². The maximum absolute atomic E-state index is 12.5. The Morgan fingerprint density at radius 3 is 2.69 bits per heavy atom. The molecule has 0 bridgehead atoms. The number of carbonyl (C=O) groups excluding carboxylic acids is 1. The van der Waals surface area contributed by atoms with Crippen LogP contribution in [0.2, 0.25) is 5.02 Å². The van der Waals surface area contributed by atoms with E-state index in [0.717, 1.165) is 63.5 Å². The van der Waals surface area contributed by atoms with Gasteiger partial charge in [-0.25, -0.2) is 0 Å². The van der Waals surface area contributed by atoms with E-state index in [4.69, 9.17) is 16.3 Å². The highest BCUT2D eigenvalue weighted by atomic mass is 35.5. The smallest absolute Gasteiger partial charge is 0.251 e. The average molecular weight is 380 g/mol. The van der Waals surface area contributed by atoms with Gasteiger partial charge in [-0.15, -0.1) is 0 Å². The van der Waals surface area contributed by atoms with Gasteiger partial charge in [0.2, 0.25) is 0 Å². The number of nitrogens with one attached hydrogen (secondary N) is 2. The Bertz CT molecular complexity index is 624. The Morgan fingerprint density at radius 1 is 1.27 bits per heavy atom. The molecule has 3 rings (SSSR count). The number of likely N-dealkylation sites (tertiary alicyclic amines) is 1. The monoisotopic (exact) mass is 379 g/mol. The number of ether oxygens (including phenoxy) is 1. The third-order valence-electron chi connectivity index (χ3n) is 5.63. The Kier molecular flexibility index (Phi) is 6.79. The molecule has 0 aliphatic carbocycles. The number of hydrogen-bond acceptors (Lipinski definition) is 4. The zero-order valence-electron chi connectivity index (χ0n) is 15.8. The number of piperidine rings is 1. The van der Waals surface area contributed by atoms with Crippen LogP contribution in [0.15, 0.2) is 12.1 Å². The van der Waals surface area contributed by atoms with E-state index in [0.29, 0.717) is 22.4 Å². The summed E-state index contributed by atoms with van der Waals surface area (Å²) >= 11 is 6.22. The van der Waals surface area contributed by atoms with Crippen molar-refractivity contribution in [1.82, 2.24) is 10.2 Å². The Morgan fingerprint density at radius 2 is 2.04 bits per heavy atom. The van der Waals surface area contributed by atoms with E-state index < -0.39 is 0 Å². The summed E-state index contributed by atoms with van der Waals surface area (Å²) in [5, 5.41) is 6.72. The zero-order chi connectivity index (χ0) is 18.5. The Balaban J connectivity index is 1.44. The predicted molar refractivity (Wildman–Crippen MR) is 106 cm³/mol. The summed E-state index contributed by atoms with van der Waals surface area (Å²) in [7, 11) is 1.83. The number of amides is 1. The van der Waals surface area contributed by atoms with Crippen LogP contribution in [0, 0.1) is 18.8 Å². The summed E-state index contributed by atoms with van der Waals surface area (Å²) in [6.07, 6.45) is 3.49. The van der Waals surface area contributed by atoms with Gasteiger partial charge in [-0.3, -0.25) is 4.79 Å². The van der Waals surface area contributed by atoms with Crippen molar-refractivity contribution in [2.24, 2.45) is 11.8 Å². The van der Waals surface area contributed by atoms with Gasteiger partial charge >= 0.3 is 0 Å². The lowest BCUT2D eigenvalue weighted by Gasteiger charge is -2.33. The van der Waals surface area contributed by atoms with Crippen molar-refractivity contribution in [2.45, 2.75) is 26.2 Å². The molecule has 2 N–H and O–H groups in total. The van der Waals surface area contributed by atoms with Crippen molar-refractivity contribution in [3.05, 3.63) is 28.3 Å². The number of benzene rings is 1. The predicted octanol–water partition coefficient (Wildman–Crippen LogP) is 3.17. The lowest BCUT2D eigenvalue weighted by atomic mass is 9.95. The summed E-state index contributed by atoms with van der Waals surface area (Å²) in [4.78, 5) is 15.1. The van der Waals surface area contributed by atoms with Crippen molar-refractivity contribution in [2.75, 3.05) is 51.8 Å². The number of halogens is 1. The van der Waals surface area contributed by atoms with Gasteiger partial charge in [-0.1, -0.05) is 11.6 Å². The van der Waals surface area contributed by atoms with Gasteiger partial charge in [0, 0.05) is 32.3 Å². The first-order chi connectivity index (χ1) is 12.6. The van der Waals surface area contributed by atoms with E-state index in [2.05, 4.69) is 15.5 Å². The standard InChI is InChI=1S/C20H30ClN3O2/c1-14-9-19(22-2)18(21)10-17(14)20(25)23-11-15-3-6-24(7-4-15)12-16-5-8-26-13-16/h9-10,15-16,22H,3-8,11-13H2,1-2H3,(H,23,25). The summed E-state index contributed by atoms with van der Waals surface area (Å²) in [6, 6.07) is 3.67. The molecule has 0 aromatic heterocycles. The number of carbonyl (C=O) groups is 1. The maximum atomic E-state index is 12.5. The van der Waals surface area contributed by atoms with Crippen molar-refractivity contribution < 1.29 is 9.53 Å². The molecule has 1 aromatic carbocycles. The van der Waals surface area contributed by atoms with Crippen LogP contribution in [0.4, 0.5) is 5.69 Å². The number of anilines is 1. The van der Waals surface area contributed by atoms with Crippen LogP contribution in [0.5, 0.6) is 0 Å². The number of aryl methyl sites for hydroxylation is 1. The quantitative estimate of drug-likeness (QED) is 0.797. The molecule has 26 heavy (non-hydrogen) atoms. The molecule has 1 unspecified atom stereocenters.